The SMILES string of the molecule is CCn1cc(-c2cc(C(F)(F)F)nc3sc(C(N)=O)c(NC(=O)C(C)n4ccc(C)n4)c23)c(C)n1. The Kier molecular flexibility index (Phi) is 6.13. The minimum absolute atomic E-state index is 0.0121. The van der Waals surface area contributed by atoms with Crippen LogP contribution in [0.5, 0.6) is 0 Å². The topological polar surface area (TPSA) is 121 Å². The highest BCUT2D eigenvalue weighted by Crippen LogP contribution is 2.44. The van der Waals surface area contributed by atoms with E-state index >= 15 is 0 Å². The predicted molar refractivity (Wildman–Crippen MR) is 125 cm³/mol. The molecule has 2 amide bonds. The third-order valence-electron chi connectivity index (χ3n) is 5.50. The van der Waals surface area contributed by atoms with E-state index in [1.807, 2.05) is 6.92 Å². The first kappa shape index (κ1) is 24.4. The Morgan fingerprint density at radius 3 is 2.49 bits per heavy atom. The Bertz CT molecular complexity index is 1450. The first-order valence-electron chi connectivity index (χ1n) is 10.6. The molecule has 4 rings (SSSR count). The van der Waals surface area contributed by atoms with Crippen LogP contribution in [-0.4, -0.2) is 36.4 Å². The van der Waals surface area contributed by atoms with E-state index in [2.05, 4.69) is 20.5 Å². The lowest BCUT2D eigenvalue weighted by atomic mass is 10.0. The number of rotatable bonds is 6. The quantitative estimate of drug-likeness (QED) is 0.405. The first-order chi connectivity index (χ1) is 16.4. The van der Waals surface area contributed by atoms with Gasteiger partial charge in [-0.1, -0.05) is 0 Å². The van der Waals surface area contributed by atoms with Crippen molar-refractivity contribution in [2.75, 3.05) is 5.32 Å². The van der Waals surface area contributed by atoms with E-state index in [0.717, 1.165) is 6.07 Å². The normalized spacial score (nSPS) is 12.8. The monoisotopic (exact) mass is 505 g/mol. The lowest BCUT2D eigenvalue weighted by molar-refractivity contribution is -0.140. The number of aromatic nitrogens is 5. The molecule has 0 aliphatic rings. The number of primary amides is 1. The molecule has 0 bridgehead atoms. The summed E-state index contributed by atoms with van der Waals surface area (Å²) < 4.78 is 44.1. The van der Waals surface area contributed by atoms with Crippen LogP contribution >= 0.6 is 11.3 Å². The molecular formula is C22H22F3N7O2S. The van der Waals surface area contributed by atoms with E-state index in [-0.39, 0.29) is 26.3 Å². The number of carbonyl (C=O) groups excluding carboxylic acids is 2. The van der Waals surface area contributed by atoms with Gasteiger partial charge >= 0.3 is 6.18 Å². The van der Waals surface area contributed by atoms with Gasteiger partial charge in [0, 0.05) is 29.9 Å². The van der Waals surface area contributed by atoms with Crippen LogP contribution < -0.4 is 11.1 Å². The molecule has 35 heavy (non-hydrogen) atoms. The van der Waals surface area contributed by atoms with Crippen LogP contribution in [0.4, 0.5) is 18.9 Å². The molecule has 13 heteroatoms. The fourth-order valence-corrected chi connectivity index (χ4v) is 4.70. The molecule has 4 aromatic heterocycles. The Hall–Kier alpha value is -3.74. The number of pyridine rings is 1. The molecule has 0 aliphatic heterocycles. The van der Waals surface area contributed by atoms with Gasteiger partial charge in [0.2, 0.25) is 5.91 Å². The maximum atomic E-state index is 13.7. The van der Waals surface area contributed by atoms with Crippen LogP contribution in [0.15, 0.2) is 24.5 Å². The van der Waals surface area contributed by atoms with Gasteiger partial charge in [-0.25, -0.2) is 4.98 Å². The van der Waals surface area contributed by atoms with Gasteiger partial charge in [-0.2, -0.15) is 23.4 Å². The van der Waals surface area contributed by atoms with Crippen molar-refractivity contribution >= 4 is 39.1 Å². The summed E-state index contributed by atoms with van der Waals surface area (Å²) >= 11 is 0.693. The molecule has 3 N–H and O–H groups in total. The maximum Gasteiger partial charge on any atom is 0.433 e. The van der Waals surface area contributed by atoms with Gasteiger partial charge < -0.3 is 11.1 Å². The standard InChI is InChI=1S/C22H22F3N7O2S/c1-5-31-9-14(11(3)30-31)13-8-15(22(23,24)25)27-21-16(13)17(18(35-21)19(26)33)28-20(34)12(4)32-7-6-10(2)29-32/h6-9,12H,5H2,1-4H3,(H2,26,33)(H,28,34). The second kappa shape index (κ2) is 8.80. The summed E-state index contributed by atoms with van der Waals surface area (Å²) in [5, 5.41) is 11.4. The van der Waals surface area contributed by atoms with Crippen LogP contribution in [0.25, 0.3) is 21.3 Å². The van der Waals surface area contributed by atoms with Crippen molar-refractivity contribution in [3.63, 3.8) is 0 Å². The Labute approximate surface area is 201 Å². The van der Waals surface area contributed by atoms with Crippen molar-refractivity contribution in [1.29, 1.82) is 0 Å². The van der Waals surface area contributed by atoms with Crippen LogP contribution in [0.1, 0.15) is 46.6 Å². The molecule has 0 aromatic carbocycles. The number of anilines is 1. The molecule has 0 aliphatic carbocycles. The van der Waals surface area contributed by atoms with E-state index in [9.17, 15) is 22.8 Å². The van der Waals surface area contributed by atoms with Gasteiger partial charge in [-0.3, -0.25) is 19.0 Å². The lowest BCUT2D eigenvalue weighted by Gasteiger charge is -2.15. The fourth-order valence-electron chi connectivity index (χ4n) is 3.69. The molecule has 4 aromatic rings. The number of halogens is 3. The van der Waals surface area contributed by atoms with Gasteiger partial charge in [-0.15, -0.1) is 11.3 Å². The van der Waals surface area contributed by atoms with Gasteiger partial charge in [0.1, 0.15) is 21.4 Å². The first-order valence-corrected chi connectivity index (χ1v) is 11.4. The molecule has 9 nitrogen and oxygen atoms in total. The Morgan fingerprint density at radius 1 is 1.23 bits per heavy atom. The predicted octanol–water partition coefficient (Wildman–Crippen LogP) is 4.31. The second-order valence-corrected chi connectivity index (χ2v) is 8.99. The third-order valence-corrected chi connectivity index (χ3v) is 6.60. The smallest absolute Gasteiger partial charge is 0.365 e. The van der Waals surface area contributed by atoms with Crippen molar-refractivity contribution < 1.29 is 22.8 Å². The minimum atomic E-state index is -4.73. The molecule has 1 atom stereocenters. The summed E-state index contributed by atoms with van der Waals surface area (Å²) in [6.45, 7) is 7.40. The zero-order valence-electron chi connectivity index (χ0n) is 19.3. The van der Waals surface area contributed by atoms with E-state index in [1.165, 1.54) is 4.68 Å². The zero-order chi connectivity index (χ0) is 25.7. The zero-order valence-corrected chi connectivity index (χ0v) is 20.1. The van der Waals surface area contributed by atoms with E-state index in [0.29, 0.717) is 34.8 Å². The number of alkyl halides is 3. The fraction of sp³-hybridized carbons (Fsp3) is 0.318. The number of thiophene rings is 1. The number of hydrogen-bond donors (Lipinski definition) is 2. The van der Waals surface area contributed by atoms with Crippen LogP contribution in [0.2, 0.25) is 0 Å². The molecule has 0 saturated heterocycles. The number of carbonyl (C=O) groups is 2. The van der Waals surface area contributed by atoms with Crippen molar-refractivity contribution in [2.24, 2.45) is 5.73 Å². The number of hydrogen-bond acceptors (Lipinski definition) is 6. The van der Waals surface area contributed by atoms with Crippen molar-refractivity contribution in [3.05, 3.63) is 46.5 Å². The van der Waals surface area contributed by atoms with Gasteiger partial charge in [0.25, 0.3) is 5.91 Å². The average Bonchev–Trinajstić information content (AvgIpc) is 3.48. The Balaban J connectivity index is 1.95. The summed E-state index contributed by atoms with van der Waals surface area (Å²) in [4.78, 5) is 28.9. The molecule has 184 valence electrons. The third kappa shape index (κ3) is 4.50. The lowest BCUT2D eigenvalue weighted by Crippen LogP contribution is -2.25. The number of nitrogens with zero attached hydrogens (tertiary/aromatic N) is 5. The largest absolute Gasteiger partial charge is 0.433 e. The average molecular weight is 506 g/mol. The van der Waals surface area contributed by atoms with Gasteiger partial charge in [-0.05, 0) is 45.4 Å². The van der Waals surface area contributed by atoms with Gasteiger partial charge in [0.05, 0.1) is 17.1 Å². The molecule has 0 spiro atoms. The second-order valence-electron chi connectivity index (χ2n) is 7.99. The van der Waals surface area contributed by atoms with Crippen LogP contribution in [-0.2, 0) is 17.5 Å². The number of amides is 2. The van der Waals surface area contributed by atoms with Crippen LogP contribution in [0.3, 0.4) is 0 Å². The summed E-state index contributed by atoms with van der Waals surface area (Å²) in [5.41, 5.74) is 6.19. The van der Waals surface area contributed by atoms with E-state index in [4.69, 9.17) is 5.73 Å². The highest BCUT2D eigenvalue weighted by molar-refractivity contribution is 7.21. The number of nitrogens with one attached hydrogen (secondary N) is 1. The molecule has 0 radical (unpaired) electrons. The molecule has 1 unspecified atom stereocenters. The molecule has 4 heterocycles. The molecular weight excluding hydrogens is 483 g/mol. The van der Waals surface area contributed by atoms with E-state index < -0.39 is 29.7 Å². The number of nitrogens with two attached hydrogens (primary N) is 1. The summed E-state index contributed by atoms with van der Waals surface area (Å²) in [7, 11) is 0. The summed E-state index contributed by atoms with van der Waals surface area (Å²) in [6, 6.07) is 1.86. The summed E-state index contributed by atoms with van der Waals surface area (Å²) in [6.07, 6.45) is -1.48. The van der Waals surface area contributed by atoms with Crippen LogP contribution in [0, 0.1) is 13.8 Å². The van der Waals surface area contributed by atoms with Gasteiger partial charge in [0.15, 0.2) is 0 Å². The molecule has 0 saturated carbocycles. The van der Waals surface area contributed by atoms with Crippen molar-refractivity contribution in [3.8, 4) is 11.1 Å². The van der Waals surface area contributed by atoms with Crippen molar-refractivity contribution in [2.45, 2.75) is 46.5 Å². The maximum absolute atomic E-state index is 13.7. The van der Waals surface area contributed by atoms with Crippen molar-refractivity contribution in [1.82, 2.24) is 24.5 Å². The highest BCUT2D eigenvalue weighted by atomic mass is 32.1. The highest BCUT2D eigenvalue weighted by Gasteiger charge is 2.35. The summed E-state index contributed by atoms with van der Waals surface area (Å²) in [5.74, 6) is -1.42. The van der Waals surface area contributed by atoms with E-state index in [1.54, 1.807) is 43.9 Å². The Morgan fingerprint density at radius 2 is 1.94 bits per heavy atom. The minimum Gasteiger partial charge on any atom is -0.365 e. The number of aryl methyl sites for hydroxylation is 3. The number of fused-ring (bicyclic) bond motifs is 1. The molecule has 0 fully saturated rings.